The van der Waals surface area contributed by atoms with Gasteiger partial charge < -0.3 is 5.32 Å². The molecular weight excluding hydrogens is 396 g/mol. The Morgan fingerprint density at radius 2 is 1.67 bits per heavy atom. The Hall–Kier alpha value is -2.18. The normalized spacial score (nSPS) is 16.6. The summed E-state index contributed by atoms with van der Waals surface area (Å²) in [5.41, 5.74) is 3.30. The molecule has 0 unspecified atom stereocenters. The number of aryl methyl sites for hydroxylation is 2. The monoisotopic (exact) mass is 428 g/mol. The molecule has 1 amide bonds. The molecule has 1 heterocycles. The van der Waals surface area contributed by atoms with E-state index in [4.69, 9.17) is 0 Å². The summed E-state index contributed by atoms with van der Waals surface area (Å²) < 4.78 is 28.0. The summed E-state index contributed by atoms with van der Waals surface area (Å²) in [7, 11) is -3.61. The van der Waals surface area contributed by atoms with Crippen LogP contribution in [0.2, 0.25) is 0 Å². The Morgan fingerprint density at radius 1 is 1.03 bits per heavy atom. The van der Waals surface area contributed by atoms with Crippen LogP contribution in [0, 0.1) is 6.92 Å². The van der Waals surface area contributed by atoms with Crippen molar-refractivity contribution >= 4 is 15.9 Å². The molecule has 2 aromatic carbocycles. The van der Waals surface area contributed by atoms with Crippen molar-refractivity contribution in [1.82, 2.24) is 9.62 Å². The van der Waals surface area contributed by atoms with Crippen LogP contribution < -0.4 is 5.32 Å². The van der Waals surface area contributed by atoms with Crippen LogP contribution in [-0.2, 0) is 16.4 Å². The Kier molecular flexibility index (Phi) is 7.32. The van der Waals surface area contributed by atoms with E-state index in [2.05, 4.69) is 24.4 Å². The van der Waals surface area contributed by atoms with Crippen LogP contribution in [0.15, 0.2) is 47.4 Å². The van der Waals surface area contributed by atoms with Crippen LogP contribution >= 0.6 is 0 Å². The minimum absolute atomic E-state index is 0.171. The fourth-order valence-electron chi connectivity index (χ4n) is 3.85. The van der Waals surface area contributed by atoms with Crippen molar-refractivity contribution in [3.05, 3.63) is 64.7 Å². The first-order valence-corrected chi connectivity index (χ1v) is 12.3. The highest BCUT2D eigenvalue weighted by Crippen LogP contribution is 2.24. The van der Waals surface area contributed by atoms with E-state index in [-0.39, 0.29) is 16.8 Å². The van der Waals surface area contributed by atoms with Gasteiger partial charge >= 0.3 is 0 Å². The molecule has 162 valence electrons. The van der Waals surface area contributed by atoms with Gasteiger partial charge in [0, 0.05) is 18.7 Å². The molecule has 1 N–H and O–H groups in total. The van der Waals surface area contributed by atoms with E-state index in [1.165, 1.54) is 11.6 Å². The number of hydrogen-bond donors (Lipinski definition) is 1. The number of nitrogens with zero attached hydrogens (tertiary/aromatic N) is 1. The lowest BCUT2D eigenvalue weighted by Crippen LogP contribution is -2.33. The third-order valence-corrected chi connectivity index (χ3v) is 7.91. The van der Waals surface area contributed by atoms with Crippen LogP contribution in [0.3, 0.4) is 0 Å². The van der Waals surface area contributed by atoms with Gasteiger partial charge in [0.15, 0.2) is 0 Å². The second-order valence-corrected chi connectivity index (χ2v) is 10.00. The lowest BCUT2D eigenvalue weighted by molar-refractivity contribution is 0.0939. The van der Waals surface area contributed by atoms with Gasteiger partial charge in [-0.3, -0.25) is 4.79 Å². The maximum atomic E-state index is 13.2. The molecule has 0 spiro atoms. The summed E-state index contributed by atoms with van der Waals surface area (Å²) in [6.07, 6.45) is 4.85. The van der Waals surface area contributed by atoms with Gasteiger partial charge in [-0.05, 0) is 61.9 Å². The zero-order chi connectivity index (χ0) is 21.7. The molecule has 1 aliphatic rings. The molecule has 3 rings (SSSR count). The molecule has 1 saturated heterocycles. The van der Waals surface area contributed by atoms with Crippen molar-refractivity contribution < 1.29 is 13.2 Å². The predicted molar refractivity (Wildman–Crippen MR) is 120 cm³/mol. The standard InChI is InChI=1S/C24H32N2O3S/c1-4-20-10-13-21(14-11-20)19(3)25-24(27)22-12-9-18(2)23(17-22)30(28,29)26-15-7-5-6-8-16-26/h9-14,17,19H,4-8,15-16H2,1-3H3,(H,25,27)/t19-/m1/s1. The molecule has 0 aromatic heterocycles. The van der Waals surface area contributed by atoms with Crippen molar-refractivity contribution in [2.24, 2.45) is 0 Å². The first-order valence-electron chi connectivity index (χ1n) is 10.8. The van der Waals surface area contributed by atoms with Crippen LogP contribution in [0.5, 0.6) is 0 Å². The van der Waals surface area contributed by atoms with Crippen LogP contribution in [0.1, 0.15) is 72.6 Å². The third kappa shape index (κ3) is 5.10. The van der Waals surface area contributed by atoms with E-state index in [0.29, 0.717) is 24.2 Å². The highest BCUT2D eigenvalue weighted by molar-refractivity contribution is 7.89. The largest absolute Gasteiger partial charge is 0.346 e. The van der Waals surface area contributed by atoms with Crippen molar-refractivity contribution in [2.75, 3.05) is 13.1 Å². The van der Waals surface area contributed by atoms with Crippen LogP contribution in [-0.4, -0.2) is 31.7 Å². The zero-order valence-electron chi connectivity index (χ0n) is 18.1. The molecule has 0 radical (unpaired) electrons. The maximum absolute atomic E-state index is 13.2. The molecule has 30 heavy (non-hydrogen) atoms. The molecule has 0 saturated carbocycles. The Morgan fingerprint density at radius 3 is 2.27 bits per heavy atom. The minimum atomic E-state index is -3.61. The summed E-state index contributed by atoms with van der Waals surface area (Å²) in [5, 5.41) is 2.99. The van der Waals surface area contributed by atoms with Crippen molar-refractivity contribution in [3.8, 4) is 0 Å². The van der Waals surface area contributed by atoms with Crippen LogP contribution in [0.4, 0.5) is 0 Å². The summed E-state index contributed by atoms with van der Waals surface area (Å²) >= 11 is 0. The number of benzene rings is 2. The van der Waals surface area contributed by atoms with Gasteiger partial charge in [-0.2, -0.15) is 4.31 Å². The maximum Gasteiger partial charge on any atom is 0.251 e. The number of nitrogens with one attached hydrogen (secondary N) is 1. The number of carbonyl (C=O) groups is 1. The van der Waals surface area contributed by atoms with E-state index in [1.807, 2.05) is 19.1 Å². The van der Waals surface area contributed by atoms with E-state index in [1.54, 1.807) is 23.4 Å². The first kappa shape index (κ1) is 22.5. The highest BCUT2D eigenvalue weighted by atomic mass is 32.2. The van der Waals surface area contributed by atoms with E-state index >= 15 is 0 Å². The lowest BCUT2D eigenvalue weighted by Gasteiger charge is -2.22. The molecule has 1 aliphatic heterocycles. The number of rotatable bonds is 6. The number of sulfonamides is 1. The van der Waals surface area contributed by atoms with Crippen molar-refractivity contribution in [3.63, 3.8) is 0 Å². The van der Waals surface area contributed by atoms with Gasteiger partial charge in [-0.25, -0.2) is 8.42 Å². The summed E-state index contributed by atoms with van der Waals surface area (Å²) in [6.45, 7) is 6.91. The van der Waals surface area contributed by atoms with Gasteiger partial charge in [0.25, 0.3) is 5.91 Å². The average Bonchev–Trinajstić information content (AvgIpc) is 3.04. The third-order valence-electron chi connectivity index (χ3n) is 5.87. The fraction of sp³-hybridized carbons (Fsp3) is 0.458. The Balaban J connectivity index is 1.80. The predicted octanol–water partition coefficient (Wildman–Crippen LogP) is 4.61. The smallest absolute Gasteiger partial charge is 0.251 e. The summed E-state index contributed by atoms with van der Waals surface area (Å²) in [4.78, 5) is 13.1. The van der Waals surface area contributed by atoms with Gasteiger partial charge in [-0.1, -0.05) is 50.1 Å². The lowest BCUT2D eigenvalue weighted by atomic mass is 10.0. The highest BCUT2D eigenvalue weighted by Gasteiger charge is 2.27. The van der Waals surface area contributed by atoms with E-state index in [0.717, 1.165) is 37.7 Å². The SMILES string of the molecule is CCc1ccc([C@@H](C)NC(=O)c2ccc(C)c(S(=O)(=O)N3CCCCCC3)c2)cc1. The Bertz CT molecular complexity index is 976. The molecule has 1 atom stereocenters. The van der Waals surface area contributed by atoms with Crippen molar-refractivity contribution in [1.29, 1.82) is 0 Å². The number of amides is 1. The second kappa shape index (κ2) is 9.75. The van der Waals surface area contributed by atoms with E-state index < -0.39 is 10.0 Å². The number of hydrogen-bond acceptors (Lipinski definition) is 3. The molecule has 5 nitrogen and oxygen atoms in total. The number of carbonyl (C=O) groups excluding carboxylic acids is 1. The van der Waals surface area contributed by atoms with Gasteiger partial charge in [0.1, 0.15) is 0 Å². The molecular formula is C24H32N2O3S. The molecule has 2 aromatic rings. The quantitative estimate of drug-likeness (QED) is 0.730. The molecule has 0 bridgehead atoms. The topological polar surface area (TPSA) is 66.5 Å². The fourth-order valence-corrected chi connectivity index (χ4v) is 5.61. The first-order chi connectivity index (χ1) is 14.3. The average molecular weight is 429 g/mol. The summed E-state index contributed by atoms with van der Waals surface area (Å²) in [5.74, 6) is -0.269. The van der Waals surface area contributed by atoms with Gasteiger partial charge in [0.05, 0.1) is 10.9 Å². The van der Waals surface area contributed by atoms with Gasteiger partial charge in [-0.15, -0.1) is 0 Å². The molecule has 0 aliphatic carbocycles. The van der Waals surface area contributed by atoms with Gasteiger partial charge in [0.2, 0.25) is 10.0 Å². The molecule has 1 fully saturated rings. The Labute approximate surface area is 180 Å². The van der Waals surface area contributed by atoms with Crippen molar-refractivity contribution in [2.45, 2.75) is 63.8 Å². The minimum Gasteiger partial charge on any atom is -0.346 e. The molecule has 6 heteroatoms. The second-order valence-electron chi connectivity index (χ2n) is 8.09. The summed E-state index contributed by atoms with van der Waals surface area (Å²) in [6, 6.07) is 12.9. The zero-order valence-corrected chi connectivity index (χ0v) is 19.0. The van der Waals surface area contributed by atoms with E-state index in [9.17, 15) is 13.2 Å². The van der Waals surface area contributed by atoms with Crippen LogP contribution in [0.25, 0.3) is 0 Å².